The van der Waals surface area contributed by atoms with Crippen molar-refractivity contribution in [2.24, 2.45) is 0 Å². The minimum atomic E-state index is -0.367. The van der Waals surface area contributed by atoms with E-state index in [1.165, 1.54) is 7.05 Å². The van der Waals surface area contributed by atoms with Crippen LogP contribution >= 0.6 is 0 Å². The molecule has 0 bridgehead atoms. The molecule has 2 heterocycles. The van der Waals surface area contributed by atoms with Crippen LogP contribution in [0.15, 0.2) is 52.9 Å². The zero-order valence-corrected chi connectivity index (χ0v) is 13.4. The predicted octanol–water partition coefficient (Wildman–Crippen LogP) is 2.68. The van der Waals surface area contributed by atoms with Crippen molar-refractivity contribution >= 4 is 22.8 Å². The largest absolute Gasteiger partial charge is 0.459 e. The first-order valence-electron chi connectivity index (χ1n) is 7.57. The molecule has 6 heteroatoms. The molecule has 24 heavy (non-hydrogen) atoms. The molecule has 2 amide bonds. The molecule has 6 nitrogen and oxygen atoms in total. The summed E-state index contributed by atoms with van der Waals surface area (Å²) in [5.41, 5.74) is 1.15. The van der Waals surface area contributed by atoms with Gasteiger partial charge >= 0.3 is 0 Å². The fourth-order valence-electron chi connectivity index (χ4n) is 2.37. The lowest BCUT2D eigenvalue weighted by Crippen LogP contribution is -2.28. The van der Waals surface area contributed by atoms with Crippen molar-refractivity contribution < 1.29 is 14.0 Å². The number of hydrogen-bond donors (Lipinski definition) is 2. The Morgan fingerprint density at radius 1 is 1.04 bits per heavy atom. The molecule has 2 N–H and O–H groups in total. The molecule has 0 unspecified atom stereocenters. The summed E-state index contributed by atoms with van der Waals surface area (Å²) in [6.45, 7) is 1.83. The highest BCUT2D eigenvalue weighted by Gasteiger charge is 2.17. The maximum Gasteiger partial charge on any atom is 0.270 e. The summed E-state index contributed by atoms with van der Waals surface area (Å²) in [5, 5.41) is 6.29. The molecule has 0 aliphatic rings. The van der Waals surface area contributed by atoms with Gasteiger partial charge in [0.25, 0.3) is 11.8 Å². The van der Waals surface area contributed by atoms with Crippen LogP contribution in [0.25, 0.3) is 11.0 Å². The van der Waals surface area contributed by atoms with E-state index in [0.29, 0.717) is 5.76 Å². The molecular weight excluding hydrogens is 306 g/mol. The van der Waals surface area contributed by atoms with E-state index in [0.717, 1.165) is 11.0 Å². The number of carbonyl (C=O) groups is 2. The van der Waals surface area contributed by atoms with Gasteiger partial charge in [-0.05, 0) is 31.2 Å². The minimum absolute atomic E-state index is 0.180. The molecule has 0 spiro atoms. The lowest BCUT2D eigenvalue weighted by molar-refractivity contribution is 0.0930. The van der Waals surface area contributed by atoms with Gasteiger partial charge in [-0.15, -0.1) is 0 Å². The van der Waals surface area contributed by atoms with Crippen molar-refractivity contribution in [3.05, 3.63) is 65.7 Å². The van der Waals surface area contributed by atoms with Crippen molar-refractivity contribution in [3.63, 3.8) is 0 Å². The van der Waals surface area contributed by atoms with E-state index < -0.39 is 0 Å². The quantitative estimate of drug-likeness (QED) is 0.773. The molecule has 3 aromatic rings. The second-order valence-corrected chi connectivity index (χ2v) is 5.37. The first-order chi connectivity index (χ1) is 11.6. The van der Waals surface area contributed by atoms with Crippen LogP contribution in [0, 0.1) is 0 Å². The van der Waals surface area contributed by atoms with E-state index in [1.807, 2.05) is 37.3 Å². The molecular formula is C18H17N3O3. The highest BCUT2D eigenvalue weighted by atomic mass is 16.3. The van der Waals surface area contributed by atoms with Gasteiger partial charge in [0, 0.05) is 12.4 Å². The molecule has 0 aliphatic heterocycles. The van der Waals surface area contributed by atoms with Gasteiger partial charge in [0.1, 0.15) is 22.7 Å². The van der Waals surface area contributed by atoms with Crippen molar-refractivity contribution in [2.45, 2.75) is 13.0 Å². The Hall–Kier alpha value is -3.15. The summed E-state index contributed by atoms with van der Waals surface area (Å²) in [6.07, 6.45) is 0. The van der Waals surface area contributed by atoms with Gasteiger partial charge in [0.05, 0.1) is 6.04 Å². The van der Waals surface area contributed by atoms with E-state index >= 15 is 0 Å². The Labute approximate surface area is 138 Å². The van der Waals surface area contributed by atoms with Gasteiger partial charge < -0.3 is 15.1 Å². The normalized spacial score (nSPS) is 11.9. The maximum atomic E-state index is 12.4. The molecule has 0 fully saturated rings. The monoisotopic (exact) mass is 323 g/mol. The minimum Gasteiger partial charge on any atom is -0.459 e. The Bertz CT molecular complexity index is 868. The van der Waals surface area contributed by atoms with Gasteiger partial charge in [0.15, 0.2) is 0 Å². The summed E-state index contributed by atoms with van der Waals surface area (Å²) in [4.78, 5) is 28.0. The van der Waals surface area contributed by atoms with Crippen LogP contribution in [0.5, 0.6) is 0 Å². The number of benzene rings is 1. The average Bonchev–Trinajstić information content (AvgIpc) is 3.05. The molecule has 0 radical (unpaired) electrons. The Kier molecular flexibility index (Phi) is 4.29. The second kappa shape index (κ2) is 6.54. The number of hydrogen-bond acceptors (Lipinski definition) is 4. The molecule has 0 saturated heterocycles. The van der Waals surface area contributed by atoms with E-state index in [4.69, 9.17) is 4.42 Å². The molecule has 0 saturated carbocycles. The van der Waals surface area contributed by atoms with Crippen LogP contribution in [0.4, 0.5) is 0 Å². The van der Waals surface area contributed by atoms with Gasteiger partial charge in [-0.25, -0.2) is 4.98 Å². The number of amides is 2. The van der Waals surface area contributed by atoms with Crippen LogP contribution in [0.2, 0.25) is 0 Å². The van der Waals surface area contributed by atoms with Crippen LogP contribution in [-0.2, 0) is 0 Å². The smallest absolute Gasteiger partial charge is 0.270 e. The number of furan rings is 1. The molecule has 2 aromatic heterocycles. The van der Waals surface area contributed by atoms with E-state index in [1.54, 1.807) is 18.2 Å². The summed E-state index contributed by atoms with van der Waals surface area (Å²) >= 11 is 0. The summed E-state index contributed by atoms with van der Waals surface area (Å²) < 4.78 is 5.75. The van der Waals surface area contributed by atoms with Crippen molar-refractivity contribution in [1.82, 2.24) is 15.6 Å². The molecule has 3 rings (SSSR count). The zero-order valence-electron chi connectivity index (χ0n) is 13.4. The van der Waals surface area contributed by atoms with E-state index in [-0.39, 0.29) is 29.2 Å². The lowest BCUT2D eigenvalue weighted by atomic mass is 10.2. The Morgan fingerprint density at radius 3 is 2.46 bits per heavy atom. The number of fused-ring (bicyclic) bond motifs is 1. The standard InChI is InChI=1S/C18H17N3O3/c1-11(16-10-12-6-3-4-9-15(12)24-16)20-18(23)14-8-5-7-13(21-14)17(22)19-2/h3-11H,1-2H3,(H,19,22)(H,20,23)/t11-/m1/s1. The number of aromatic nitrogens is 1. The molecule has 122 valence electrons. The lowest BCUT2D eigenvalue weighted by Gasteiger charge is -2.11. The Balaban J connectivity index is 1.77. The highest BCUT2D eigenvalue weighted by molar-refractivity contribution is 5.96. The maximum absolute atomic E-state index is 12.4. The number of nitrogens with zero attached hydrogens (tertiary/aromatic N) is 1. The van der Waals surface area contributed by atoms with Crippen LogP contribution < -0.4 is 10.6 Å². The topological polar surface area (TPSA) is 84.2 Å². The zero-order chi connectivity index (χ0) is 17.1. The third-order valence-corrected chi connectivity index (χ3v) is 3.66. The van der Waals surface area contributed by atoms with Gasteiger partial charge in [-0.1, -0.05) is 24.3 Å². The second-order valence-electron chi connectivity index (χ2n) is 5.37. The summed E-state index contributed by atoms with van der Waals surface area (Å²) in [6, 6.07) is 14.0. The van der Waals surface area contributed by atoms with Crippen LogP contribution in [-0.4, -0.2) is 23.8 Å². The summed E-state index contributed by atoms with van der Waals surface area (Å²) in [5.74, 6) is -0.0457. The van der Waals surface area contributed by atoms with Crippen LogP contribution in [0.1, 0.15) is 39.7 Å². The van der Waals surface area contributed by atoms with E-state index in [9.17, 15) is 9.59 Å². The number of para-hydroxylation sites is 1. The molecule has 0 aliphatic carbocycles. The number of nitrogens with one attached hydrogen (secondary N) is 2. The third-order valence-electron chi connectivity index (χ3n) is 3.66. The van der Waals surface area contributed by atoms with Gasteiger partial charge in [0.2, 0.25) is 0 Å². The fraction of sp³-hybridized carbons (Fsp3) is 0.167. The SMILES string of the molecule is CNC(=O)c1cccc(C(=O)N[C@H](C)c2cc3ccccc3o2)n1. The molecule has 1 atom stereocenters. The van der Waals surface area contributed by atoms with Crippen molar-refractivity contribution in [2.75, 3.05) is 7.05 Å². The fourth-order valence-corrected chi connectivity index (χ4v) is 2.37. The first kappa shape index (κ1) is 15.7. The Morgan fingerprint density at radius 2 is 1.75 bits per heavy atom. The highest BCUT2D eigenvalue weighted by Crippen LogP contribution is 2.23. The predicted molar refractivity (Wildman–Crippen MR) is 89.7 cm³/mol. The number of pyridine rings is 1. The number of rotatable bonds is 4. The first-order valence-corrected chi connectivity index (χ1v) is 7.57. The van der Waals surface area contributed by atoms with Crippen molar-refractivity contribution in [3.8, 4) is 0 Å². The number of carbonyl (C=O) groups excluding carboxylic acids is 2. The summed E-state index contributed by atoms with van der Waals surface area (Å²) in [7, 11) is 1.51. The van der Waals surface area contributed by atoms with E-state index in [2.05, 4.69) is 15.6 Å². The van der Waals surface area contributed by atoms with Crippen LogP contribution in [0.3, 0.4) is 0 Å². The third kappa shape index (κ3) is 3.12. The van der Waals surface area contributed by atoms with Crippen molar-refractivity contribution in [1.29, 1.82) is 0 Å². The van der Waals surface area contributed by atoms with Gasteiger partial charge in [-0.3, -0.25) is 9.59 Å². The van der Waals surface area contributed by atoms with Gasteiger partial charge in [-0.2, -0.15) is 0 Å². The average molecular weight is 323 g/mol. The molecule has 1 aromatic carbocycles.